The van der Waals surface area contributed by atoms with Crippen LogP contribution < -0.4 is 10.5 Å². The Kier molecular flexibility index (Phi) is 8.05. The molecule has 3 aromatic carbocycles. The van der Waals surface area contributed by atoms with Gasteiger partial charge in [-0.3, -0.25) is 14.2 Å². The molecule has 1 unspecified atom stereocenters. The second-order valence-electron chi connectivity index (χ2n) is 8.36. The lowest BCUT2D eigenvalue weighted by Crippen LogP contribution is -2.28. The number of hydrogen-bond acceptors (Lipinski definition) is 8. The van der Waals surface area contributed by atoms with Gasteiger partial charge in [-0.25, -0.2) is 4.79 Å². The fourth-order valence-electron chi connectivity index (χ4n) is 4.05. The minimum atomic E-state index is -1.04. The van der Waals surface area contributed by atoms with Crippen molar-refractivity contribution in [1.82, 2.24) is 4.57 Å². The molecule has 0 spiro atoms. The van der Waals surface area contributed by atoms with E-state index in [1.54, 1.807) is 42.5 Å². The first-order valence-electron chi connectivity index (χ1n) is 11.6. The van der Waals surface area contributed by atoms with Gasteiger partial charge in [0.25, 0.3) is 0 Å². The van der Waals surface area contributed by atoms with Crippen LogP contribution in [0.1, 0.15) is 22.8 Å². The lowest BCUT2D eigenvalue weighted by molar-refractivity contribution is -0.158. The summed E-state index contributed by atoms with van der Waals surface area (Å²) in [6, 6.07) is 21.3. The van der Waals surface area contributed by atoms with Crippen molar-refractivity contribution >= 4 is 23.0 Å². The van der Waals surface area contributed by atoms with E-state index in [0.717, 1.165) is 11.1 Å². The normalized spacial score (nSPS) is 11.9. The van der Waals surface area contributed by atoms with Gasteiger partial charge in [0.15, 0.2) is 11.5 Å². The number of ether oxygens (including phenoxy) is 3. The number of carbonyl (C=O) groups is 2. The van der Waals surface area contributed by atoms with Crippen molar-refractivity contribution in [2.75, 3.05) is 20.8 Å². The predicted octanol–water partition coefficient (Wildman–Crippen LogP) is 3.26. The summed E-state index contributed by atoms with van der Waals surface area (Å²) in [7, 11) is 2.44. The Balaban J connectivity index is 1.39. The van der Waals surface area contributed by atoms with Crippen LogP contribution in [0.2, 0.25) is 0 Å². The van der Waals surface area contributed by atoms with Crippen LogP contribution in [-0.2, 0) is 32.0 Å². The van der Waals surface area contributed by atoms with E-state index >= 15 is 0 Å². The third-order valence-electron chi connectivity index (χ3n) is 6.04. The van der Waals surface area contributed by atoms with E-state index in [1.165, 1.54) is 18.8 Å². The summed E-state index contributed by atoms with van der Waals surface area (Å²) in [4.78, 5) is 36.2. The molecule has 4 rings (SSSR count). The Morgan fingerprint density at radius 3 is 2.24 bits per heavy atom. The van der Waals surface area contributed by atoms with Gasteiger partial charge < -0.3 is 23.7 Å². The minimum Gasteiger partial charge on any atom is -0.492 e. The summed E-state index contributed by atoms with van der Waals surface area (Å²) in [6.45, 7) is 0.455. The molecule has 0 saturated carbocycles. The smallest absolute Gasteiger partial charge is 0.420 e. The van der Waals surface area contributed by atoms with E-state index in [-0.39, 0.29) is 19.6 Å². The zero-order chi connectivity index (χ0) is 26.4. The number of benzene rings is 3. The molecule has 0 aliphatic heterocycles. The van der Waals surface area contributed by atoms with E-state index in [1.807, 2.05) is 30.3 Å². The summed E-state index contributed by atoms with van der Waals surface area (Å²) in [5, 5.41) is 10.6. The van der Waals surface area contributed by atoms with Gasteiger partial charge in [-0.2, -0.15) is 0 Å². The average molecular weight is 506 g/mol. The molecule has 0 fully saturated rings. The molecule has 0 aliphatic carbocycles. The van der Waals surface area contributed by atoms with Gasteiger partial charge >= 0.3 is 17.7 Å². The van der Waals surface area contributed by atoms with Crippen LogP contribution in [0.15, 0.2) is 82.0 Å². The van der Waals surface area contributed by atoms with Gasteiger partial charge in [0.2, 0.25) is 0 Å². The van der Waals surface area contributed by atoms with E-state index in [2.05, 4.69) is 9.47 Å². The first kappa shape index (κ1) is 25.7. The van der Waals surface area contributed by atoms with Crippen LogP contribution in [0.5, 0.6) is 5.75 Å². The summed E-state index contributed by atoms with van der Waals surface area (Å²) < 4.78 is 22.0. The lowest BCUT2D eigenvalue weighted by atomic mass is 9.99. The quantitative estimate of drug-likeness (QED) is 0.258. The Morgan fingerprint density at radius 2 is 1.59 bits per heavy atom. The molecule has 1 heterocycles. The second kappa shape index (κ2) is 11.6. The van der Waals surface area contributed by atoms with E-state index in [4.69, 9.17) is 9.15 Å². The van der Waals surface area contributed by atoms with Crippen molar-refractivity contribution in [2.45, 2.75) is 19.1 Å². The van der Waals surface area contributed by atoms with Gasteiger partial charge in [-0.15, -0.1) is 0 Å². The third kappa shape index (κ3) is 5.90. The fourth-order valence-corrected chi connectivity index (χ4v) is 4.05. The summed E-state index contributed by atoms with van der Waals surface area (Å²) in [5.74, 6) is -2.32. The number of methoxy groups -OCH3 is 2. The highest BCUT2D eigenvalue weighted by molar-refractivity contribution is 5.95. The molecule has 1 aromatic heterocycles. The molecule has 1 atom stereocenters. The molecule has 9 heteroatoms. The fraction of sp³-hybridized carbons (Fsp3) is 0.250. The largest absolute Gasteiger partial charge is 0.492 e. The zero-order valence-electron chi connectivity index (χ0n) is 20.5. The van der Waals surface area contributed by atoms with Crippen LogP contribution >= 0.6 is 0 Å². The Labute approximate surface area is 212 Å². The monoisotopic (exact) mass is 505 g/mol. The van der Waals surface area contributed by atoms with Crippen molar-refractivity contribution in [3.63, 3.8) is 0 Å². The number of aliphatic hydroxyl groups is 1. The van der Waals surface area contributed by atoms with Gasteiger partial charge in [0.1, 0.15) is 18.5 Å². The number of fused-ring (bicyclic) bond motifs is 1. The Bertz CT molecular complexity index is 1410. The predicted molar refractivity (Wildman–Crippen MR) is 134 cm³/mol. The maximum absolute atomic E-state index is 12.4. The molecular weight excluding hydrogens is 478 g/mol. The molecule has 0 bridgehead atoms. The molecule has 0 amide bonds. The number of aliphatic hydroxyl groups excluding tert-OH is 1. The molecule has 0 saturated heterocycles. The summed E-state index contributed by atoms with van der Waals surface area (Å²) in [5.41, 5.74) is 3.09. The number of oxazole rings is 1. The molecule has 0 radical (unpaired) electrons. The van der Waals surface area contributed by atoms with Crippen LogP contribution in [-0.4, -0.2) is 42.4 Å². The first-order valence-corrected chi connectivity index (χ1v) is 11.6. The lowest BCUT2D eigenvalue weighted by Gasteiger charge is -2.13. The molecule has 9 nitrogen and oxygen atoms in total. The van der Waals surface area contributed by atoms with Crippen LogP contribution in [0.25, 0.3) is 11.1 Å². The molecule has 4 aromatic rings. The summed E-state index contributed by atoms with van der Waals surface area (Å²) >= 11 is 0. The van der Waals surface area contributed by atoms with Crippen molar-refractivity contribution in [1.29, 1.82) is 0 Å². The standard InChI is InChI=1S/C28H27NO8/c1-34-26(31)22(27(32)35-2)16-18-8-11-21(12-9-18)36-15-14-29-23-13-10-20(17-24(23)37-28(29)33)25(30)19-6-4-3-5-7-19/h3-13,17,22,25,30H,14-16H2,1-2H3. The maximum Gasteiger partial charge on any atom is 0.420 e. The number of nitrogens with zero attached hydrogens (tertiary/aromatic N) is 1. The molecule has 0 aliphatic rings. The number of esters is 2. The Hall–Kier alpha value is -4.37. The Morgan fingerprint density at radius 1 is 0.919 bits per heavy atom. The average Bonchev–Trinajstić information content (AvgIpc) is 3.25. The highest BCUT2D eigenvalue weighted by Crippen LogP contribution is 2.25. The second-order valence-corrected chi connectivity index (χ2v) is 8.36. The van der Waals surface area contributed by atoms with E-state index < -0.39 is 29.7 Å². The SMILES string of the molecule is COC(=O)C(Cc1ccc(OCCn2c(=O)oc3cc(C(O)c4ccccc4)ccc32)cc1)C(=O)OC. The van der Waals surface area contributed by atoms with Gasteiger partial charge in [-0.1, -0.05) is 48.5 Å². The van der Waals surface area contributed by atoms with Crippen molar-refractivity contribution in [2.24, 2.45) is 5.92 Å². The van der Waals surface area contributed by atoms with Crippen molar-refractivity contribution in [3.05, 3.63) is 100 Å². The number of carbonyl (C=O) groups excluding carboxylic acids is 2. The number of hydrogen-bond donors (Lipinski definition) is 1. The number of aromatic nitrogens is 1. The van der Waals surface area contributed by atoms with Gasteiger partial charge in [-0.05, 0) is 47.4 Å². The topological polar surface area (TPSA) is 117 Å². The van der Waals surface area contributed by atoms with E-state index in [9.17, 15) is 19.5 Å². The van der Waals surface area contributed by atoms with Crippen LogP contribution in [0, 0.1) is 5.92 Å². The van der Waals surface area contributed by atoms with Gasteiger partial charge in [0.05, 0.1) is 26.3 Å². The molecule has 192 valence electrons. The van der Waals surface area contributed by atoms with Gasteiger partial charge in [0, 0.05) is 0 Å². The minimum absolute atomic E-state index is 0.136. The van der Waals surface area contributed by atoms with Crippen molar-refractivity contribution < 1.29 is 33.3 Å². The molecule has 1 N–H and O–H groups in total. The third-order valence-corrected chi connectivity index (χ3v) is 6.04. The molecule has 37 heavy (non-hydrogen) atoms. The molecular formula is C28H27NO8. The zero-order valence-corrected chi connectivity index (χ0v) is 20.5. The van der Waals surface area contributed by atoms with Crippen molar-refractivity contribution in [3.8, 4) is 5.75 Å². The summed E-state index contributed by atoms with van der Waals surface area (Å²) in [6.07, 6.45) is -0.696. The van der Waals surface area contributed by atoms with Crippen LogP contribution in [0.3, 0.4) is 0 Å². The number of rotatable bonds is 10. The maximum atomic E-state index is 12.4. The highest BCUT2D eigenvalue weighted by atomic mass is 16.5. The van der Waals surface area contributed by atoms with Crippen LogP contribution in [0.4, 0.5) is 0 Å². The highest BCUT2D eigenvalue weighted by Gasteiger charge is 2.28. The van der Waals surface area contributed by atoms with E-state index in [0.29, 0.717) is 22.4 Å². The first-order chi connectivity index (χ1) is 17.9.